The number of carboxylic acids is 1. The van der Waals surface area contributed by atoms with Crippen LogP contribution in [0, 0.1) is 0 Å². The van der Waals surface area contributed by atoms with Crippen LogP contribution >= 0.6 is 11.6 Å². The predicted molar refractivity (Wildman–Crippen MR) is 78.5 cm³/mol. The van der Waals surface area contributed by atoms with Crippen LogP contribution in [-0.4, -0.2) is 49.3 Å². The maximum Gasteiger partial charge on any atom is 0.314 e. The van der Waals surface area contributed by atoms with Crippen LogP contribution in [0.3, 0.4) is 0 Å². The molecule has 2 aliphatic rings. The van der Waals surface area contributed by atoms with E-state index >= 15 is 0 Å². The molecule has 0 radical (unpaired) electrons. The van der Waals surface area contributed by atoms with Crippen molar-refractivity contribution in [2.75, 3.05) is 27.2 Å². The summed E-state index contributed by atoms with van der Waals surface area (Å²) in [6.45, 7) is 1.65. The molecule has 0 atom stereocenters. The molecule has 5 nitrogen and oxygen atoms in total. The number of aliphatic carboxylic acids is 1. The summed E-state index contributed by atoms with van der Waals surface area (Å²) in [5.74, 6) is 0.196. The molecule has 0 spiro atoms. The van der Waals surface area contributed by atoms with Crippen LogP contribution in [0.4, 0.5) is 0 Å². The fourth-order valence-corrected chi connectivity index (χ4v) is 3.01. The largest absolute Gasteiger partial charge is 0.493 e. The number of carboxylic acid groups (broad SMARTS) is 1. The molecular weight excluding hydrogens is 294 g/mol. The molecule has 1 aromatic rings. The van der Waals surface area contributed by atoms with Gasteiger partial charge in [0.25, 0.3) is 0 Å². The average molecular weight is 312 g/mol. The van der Waals surface area contributed by atoms with Crippen molar-refractivity contribution >= 4 is 17.6 Å². The highest BCUT2D eigenvalue weighted by molar-refractivity contribution is 6.31. The van der Waals surface area contributed by atoms with Crippen LogP contribution < -0.4 is 9.47 Å². The predicted octanol–water partition coefficient (Wildman–Crippen LogP) is 2.16. The van der Waals surface area contributed by atoms with Crippen molar-refractivity contribution in [2.24, 2.45) is 0 Å². The van der Waals surface area contributed by atoms with Crippen molar-refractivity contribution in [2.45, 2.75) is 24.4 Å². The summed E-state index contributed by atoms with van der Waals surface area (Å²) in [4.78, 5) is 13.8. The Hall–Kier alpha value is -1.46. The summed E-state index contributed by atoms with van der Waals surface area (Å²) in [5, 5.41) is 10.0. The number of rotatable bonds is 5. The van der Waals surface area contributed by atoms with Crippen molar-refractivity contribution in [1.29, 1.82) is 0 Å². The molecule has 6 heteroatoms. The van der Waals surface area contributed by atoms with Crippen LogP contribution in [0.25, 0.3) is 0 Å². The molecule has 1 heterocycles. The average Bonchev–Trinajstić information content (AvgIpc) is 3.19. The van der Waals surface area contributed by atoms with E-state index < -0.39 is 11.4 Å². The lowest BCUT2D eigenvalue weighted by Crippen LogP contribution is -2.51. The number of halogens is 1. The molecule has 21 heavy (non-hydrogen) atoms. The van der Waals surface area contributed by atoms with Crippen molar-refractivity contribution in [1.82, 2.24) is 4.90 Å². The number of hydrogen-bond donors (Lipinski definition) is 1. The topological polar surface area (TPSA) is 59.0 Å². The molecule has 1 aliphatic carbocycles. The van der Waals surface area contributed by atoms with Gasteiger partial charge in [-0.15, -0.1) is 0 Å². The minimum atomic E-state index is -0.872. The van der Waals surface area contributed by atoms with E-state index in [0.717, 1.165) is 13.1 Å². The van der Waals surface area contributed by atoms with E-state index in [4.69, 9.17) is 21.1 Å². The Bertz CT molecular complexity index is 579. The number of carbonyl (C=O) groups is 1. The lowest BCUT2D eigenvalue weighted by atomic mass is 9.94. The van der Waals surface area contributed by atoms with E-state index in [2.05, 4.69) is 4.90 Å². The minimum Gasteiger partial charge on any atom is -0.493 e. The van der Waals surface area contributed by atoms with Gasteiger partial charge in [0.05, 0.1) is 12.5 Å². The standard InChI is InChI=1S/C15H18ClNO4/c1-17-7-10(8-17)21-13-11(15(3-4-15)14(18)19)5-9(16)6-12(13)20-2/h5-6,10H,3-4,7-8H2,1-2H3,(H,18,19). The van der Waals surface area contributed by atoms with Gasteiger partial charge in [0.15, 0.2) is 11.5 Å². The third-order valence-corrected chi connectivity index (χ3v) is 4.45. The number of likely N-dealkylation sites (N-methyl/N-ethyl adjacent to an activating group) is 1. The Kier molecular flexibility index (Phi) is 3.50. The van der Waals surface area contributed by atoms with Crippen LogP contribution in [0.5, 0.6) is 11.5 Å². The number of nitrogens with zero attached hydrogens (tertiary/aromatic N) is 1. The summed E-state index contributed by atoms with van der Waals surface area (Å²) in [6, 6.07) is 3.36. The SMILES string of the molecule is COc1cc(Cl)cc(C2(C(=O)O)CC2)c1OC1CN(C)C1. The Labute approximate surface area is 128 Å². The molecule has 1 saturated carbocycles. The lowest BCUT2D eigenvalue weighted by Gasteiger charge is -2.37. The van der Waals surface area contributed by atoms with E-state index in [-0.39, 0.29) is 6.10 Å². The van der Waals surface area contributed by atoms with E-state index in [1.165, 1.54) is 7.11 Å². The van der Waals surface area contributed by atoms with Crippen LogP contribution in [0.2, 0.25) is 5.02 Å². The first-order valence-electron chi connectivity index (χ1n) is 6.93. The van der Waals surface area contributed by atoms with Gasteiger partial charge in [-0.2, -0.15) is 0 Å². The number of benzene rings is 1. The summed E-state index contributed by atoms with van der Waals surface area (Å²) >= 11 is 6.11. The third kappa shape index (κ3) is 2.45. The van der Waals surface area contributed by atoms with Crippen LogP contribution in [0.15, 0.2) is 12.1 Å². The van der Waals surface area contributed by atoms with Gasteiger partial charge >= 0.3 is 5.97 Å². The van der Waals surface area contributed by atoms with Crippen LogP contribution in [0.1, 0.15) is 18.4 Å². The van der Waals surface area contributed by atoms with Gasteiger partial charge in [-0.1, -0.05) is 11.6 Å². The number of likely N-dealkylation sites (tertiary alicyclic amines) is 1. The molecule has 3 rings (SSSR count). The maximum absolute atomic E-state index is 11.6. The van der Waals surface area contributed by atoms with Crippen molar-refractivity contribution in [3.8, 4) is 11.5 Å². The number of hydrogen-bond acceptors (Lipinski definition) is 4. The number of ether oxygens (including phenoxy) is 2. The molecule has 2 fully saturated rings. The van der Waals surface area contributed by atoms with Crippen molar-refractivity contribution < 1.29 is 19.4 Å². The highest BCUT2D eigenvalue weighted by Gasteiger charge is 2.54. The molecule has 1 saturated heterocycles. The van der Waals surface area contributed by atoms with Gasteiger partial charge < -0.3 is 14.6 Å². The fourth-order valence-electron chi connectivity index (χ4n) is 2.80. The summed E-state index contributed by atoms with van der Waals surface area (Å²) in [5.41, 5.74) is -0.239. The number of methoxy groups -OCH3 is 1. The smallest absolute Gasteiger partial charge is 0.314 e. The fraction of sp³-hybridized carbons (Fsp3) is 0.533. The first kappa shape index (κ1) is 14.5. The third-order valence-electron chi connectivity index (χ3n) is 4.23. The van der Waals surface area contributed by atoms with Crippen LogP contribution in [-0.2, 0) is 10.2 Å². The highest BCUT2D eigenvalue weighted by atomic mass is 35.5. The lowest BCUT2D eigenvalue weighted by molar-refractivity contribution is -0.140. The van der Waals surface area contributed by atoms with Gasteiger partial charge in [-0.3, -0.25) is 9.69 Å². The van der Waals surface area contributed by atoms with Crippen molar-refractivity contribution in [3.63, 3.8) is 0 Å². The summed E-state index contributed by atoms with van der Waals surface area (Å²) < 4.78 is 11.4. The molecule has 0 bridgehead atoms. The second-order valence-corrected chi connectivity index (χ2v) is 6.27. The molecular formula is C15H18ClNO4. The van der Waals surface area contributed by atoms with Gasteiger partial charge in [0, 0.05) is 29.7 Å². The first-order valence-corrected chi connectivity index (χ1v) is 7.30. The molecule has 0 aromatic heterocycles. The molecule has 1 N–H and O–H groups in total. The Morgan fingerprint density at radius 3 is 2.57 bits per heavy atom. The normalized spacial score (nSPS) is 20.7. The zero-order valence-electron chi connectivity index (χ0n) is 12.1. The Morgan fingerprint density at radius 2 is 2.10 bits per heavy atom. The second-order valence-electron chi connectivity index (χ2n) is 5.83. The summed E-state index contributed by atoms with van der Waals surface area (Å²) in [7, 11) is 3.55. The van der Waals surface area contributed by atoms with Gasteiger partial charge in [-0.05, 0) is 26.0 Å². The Balaban J connectivity index is 2.00. The second kappa shape index (κ2) is 5.07. The molecule has 1 aliphatic heterocycles. The molecule has 114 valence electrons. The van der Waals surface area contributed by atoms with Gasteiger partial charge in [-0.25, -0.2) is 0 Å². The summed E-state index contributed by atoms with van der Waals surface area (Å²) in [6.07, 6.45) is 1.27. The van der Waals surface area contributed by atoms with Crippen molar-refractivity contribution in [3.05, 3.63) is 22.7 Å². The quantitative estimate of drug-likeness (QED) is 0.903. The molecule has 1 aromatic carbocycles. The monoisotopic (exact) mass is 311 g/mol. The van der Waals surface area contributed by atoms with E-state index in [1.807, 2.05) is 7.05 Å². The molecule has 0 unspecified atom stereocenters. The van der Waals surface area contributed by atoms with E-state index in [1.54, 1.807) is 12.1 Å². The Morgan fingerprint density at radius 1 is 1.43 bits per heavy atom. The van der Waals surface area contributed by atoms with Gasteiger partial charge in [0.2, 0.25) is 0 Å². The highest BCUT2D eigenvalue weighted by Crippen LogP contribution is 2.54. The van der Waals surface area contributed by atoms with E-state index in [0.29, 0.717) is 34.9 Å². The minimum absolute atomic E-state index is 0.0634. The maximum atomic E-state index is 11.6. The molecule has 0 amide bonds. The van der Waals surface area contributed by atoms with E-state index in [9.17, 15) is 9.90 Å². The zero-order valence-corrected chi connectivity index (χ0v) is 12.8. The first-order chi connectivity index (χ1) is 9.96. The zero-order chi connectivity index (χ0) is 15.2. The van der Waals surface area contributed by atoms with Gasteiger partial charge in [0.1, 0.15) is 6.10 Å².